The largest absolute Gasteiger partial charge is 0.351 e. The molecule has 0 aromatic carbocycles. The summed E-state index contributed by atoms with van der Waals surface area (Å²) in [6, 6.07) is -0.853. The van der Waals surface area contributed by atoms with Gasteiger partial charge in [0.15, 0.2) is 5.16 Å². The number of amides is 3. The van der Waals surface area contributed by atoms with Crippen LogP contribution in [0.4, 0.5) is 4.79 Å². The standard InChI is InChI=1S/C8H13N5O2S/c1-4(2)5(6(14)12-7(9)15)16-8-10-3-11-13-8/h3-5H,1-2H3,(H,10,11,13)(H3,9,12,14,15)/t5-/m1/s1. The molecule has 4 N–H and O–H groups in total. The second kappa shape index (κ2) is 5.50. The summed E-state index contributed by atoms with van der Waals surface area (Å²) in [7, 11) is 0. The first kappa shape index (κ1) is 12.5. The Balaban J connectivity index is 2.67. The number of nitrogens with two attached hydrogens (primary N) is 1. The summed E-state index contributed by atoms with van der Waals surface area (Å²) < 4.78 is 0. The van der Waals surface area contributed by atoms with Gasteiger partial charge < -0.3 is 5.73 Å². The molecule has 1 aromatic rings. The average molecular weight is 243 g/mol. The van der Waals surface area contributed by atoms with Crippen LogP contribution in [0.3, 0.4) is 0 Å². The maximum atomic E-state index is 11.6. The first-order valence-electron chi connectivity index (χ1n) is 4.63. The summed E-state index contributed by atoms with van der Waals surface area (Å²) >= 11 is 1.20. The molecule has 3 amide bonds. The van der Waals surface area contributed by atoms with Crippen LogP contribution in [0.15, 0.2) is 11.5 Å². The monoisotopic (exact) mass is 243 g/mol. The molecule has 0 aliphatic heterocycles. The van der Waals surface area contributed by atoms with Crippen molar-refractivity contribution in [1.29, 1.82) is 0 Å². The van der Waals surface area contributed by atoms with E-state index in [0.717, 1.165) is 0 Å². The van der Waals surface area contributed by atoms with Crippen molar-refractivity contribution in [3.05, 3.63) is 6.33 Å². The van der Waals surface area contributed by atoms with E-state index in [2.05, 4.69) is 20.5 Å². The molecule has 1 atom stereocenters. The molecular weight excluding hydrogens is 230 g/mol. The normalized spacial score (nSPS) is 12.4. The Bertz CT molecular complexity index is 365. The van der Waals surface area contributed by atoms with Crippen molar-refractivity contribution in [2.24, 2.45) is 11.7 Å². The van der Waals surface area contributed by atoms with E-state index in [1.807, 2.05) is 13.8 Å². The number of hydrogen-bond acceptors (Lipinski definition) is 5. The zero-order valence-electron chi connectivity index (χ0n) is 8.93. The molecule has 0 unspecified atom stereocenters. The van der Waals surface area contributed by atoms with E-state index in [0.29, 0.717) is 5.16 Å². The van der Waals surface area contributed by atoms with Crippen molar-refractivity contribution in [2.75, 3.05) is 0 Å². The Labute approximate surface area is 96.6 Å². The molecule has 8 heteroatoms. The molecule has 0 saturated heterocycles. The first-order chi connectivity index (χ1) is 7.50. The van der Waals surface area contributed by atoms with Gasteiger partial charge in [-0.2, -0.15) is 5.10 Å². The summed E-state index contributed by atoms with van der Waals surface area (Å²) in [4.78, 5) is 26.1. The highest BCUT2D eigenvalue weighted by atomic mass is 32.2. The van der Waals surface area contributed by atoms with Gasteiger partial charge >= 0.3 is 6.03 Å². The predicted octanol–water partition coefficient (Wildman–Crippen LogP) is 0.116. The van der Waals surface area contributed by atoms with E-state index >= 15 is 0 Å². The first-order valence-corrected chi connectivity index (χ1v) is 5.51. The maximum absolute atomic E-state index is 11.6. The smallest absolute Gasteiger partial charge is 0.318 e. The molecule has 0 fully saturated rings. The van der Waals surface area contributed by atoms with E-state index in [-0.39, 0.29) is 5.92 Å². The average Bonchev–Trinajstić information content (AvgIpc) is 2.64. The number of rotatable bonds is 4. The third-order valence-electron chi connectivity index (χ3n) is 1.74. The van der Waals surface area contributed by atoms with Crippen LogP contribution in [0.25, 0.3) is 0 Å². The van der Waals surface area contributed by atoms with E-state index in [1.54, 1.807) is 0 Å². The van der Waals surface area contributed by atoms with Crippen molar-refractivity contribution in [2.45, 2.75) is 24.3 Å². The zero-order chi connectivity index (χ0) is 12.1. The molecule has 0 bridgehead atoms. The van der Waals surface area contributed by atoms with Crippen LogP contribution in [-0.4, -0.2) is 32.4 Å². The van der Waals surface area contributed by atoms with Crippen LogP contribution in [0.2, 0.25) is 0 Å². The minimum Gasteiger partial charge on any atom is -0.351 e. The van der Waals surface area contributed by atoms with Crippen LogP contribution in [0, 0.1) is 5.92 Å². The molecule has 0 radical (unpaired) electrons. The predicted molar refractivity (Wildman–Crippen MR) is 58.6 cm³/mol. The highest BCUT2D eigenvalue weighted by molar-refractivity contribution is 8.00. The van der Waals surface area contributed by atoms with Crippen LogP contribution < -0.4 is 11.1 Å². The van der Waals surface area contributed by atoms with Gasteiger partial charge in [-0.25, -0.2) is 9.78 Å². The number of hydrogen-bond donors (Lipinski definition) is 3. The molecule has 0 aliphatic rings. The molecule has 7 nitrogen and oxygen atoms in total. The van der Waals surface area contributed by atoms with Gasteiger partial charge in [-0.3, -0.25) is 15.2 Å². The van der Waals surface area contributed by atoms with Gasteiger partial charge in [0.1, 0.15) is 6.33 Å². The number of thioether (sulfide) groups is 1. The number of urea groups is 1. The SMILES string of the molecule is CC(C)[C@@H](Sc1ncn[nH]1)C(=O)NC(N)=O. The van der Waals surface area contributed by atoms with Crippen LogP contribution in [0.1, 0.15) is 13.8 Å². The van der Waals surface area contributed by atoms with Crippen LogP contribution in [-0.2, 0) is 4.79 Å². The Hall–Kier alpha value is -1.57. The van der Waals surface area contributed by atoms with Crippen molar-refractivity contribution in [1.82, 2.24) is 20.5 Å². The van der Waals surface area contributed by atoms with Gasteiger partial charge in [0.05, 0.1) is 5.25 Å². The van der Waals surface area contributed by atoms with E-state index in [9.17, 15) is 9.59 Å². The molecule has 1 heterocycles. The summed E-state index contributed by atoms with van der Waals surface area (Å²) in [6.07, 6.45) is 1.35. The zero-order valence-corrected chi connectivity index (χ0v) is 9.75. The summed E-state index contributed by atoms with van der Waals surface area (Å²) in [5.41, 5.74) is 4.89. The third kappa shape index (κ3) is 3.54. The minimum absolute atomic E-state index is 0.0365. The van der Waals surface area contributed by atoms with Gasteiger partial charge in [0.25, 0.3) is 0 Å². The Morgan fingerprint density at radius 2 is 2.25 bits per heavy atom. The fourth-order valence-electron chi connectivity index (χ4n) is 1.06. The minimum atomic E-state index is -0.853. The number of nitrogens with zero attached hydrogens (tertiary/aromatic N) is 2. The summed E-state index contributed by atoms with van der Waals surface area (Å²) in [6.45, 7) is 3.74. The highest BCUT2D eigenvalue weighted by Gasteiger charge is 2.25. The van der Waals surface area contributed by atoms with Gasteiger partial charge in [0, 0.05) is 0 Å². The van der Waals surface area contributed by atoms with E-state index in [1.165, 1.54) is 18.1 Å². The number of H-pyrrole nitrogens is 1. The topological polar surface area (TPSA) is 114 Å². The second-order valence-corrected chi connectivity index (χ2v) is 4.56. The summed E-state index contributed by atoms with van der Waals surface area (Å²) in [5.74, 6) is -0.390. The molecular formula is C8H13N5O2S. The van der Waals surface area contributed by atoms with Gasteiger partial charge in [-0.15, -0.1) is 0 Å². The number of primary amides is 1. The molecule has 1 rings (SSSR count). The lowest BCUT2D eigenvalue weighted by atomic mass is 10.1. The molecule has 0 spiro atoms. The lowest BCUT2D eigenvalue weighted by Crippen LogP contribution is -2.42. The second-order valence-electron chi connectivity index (χ2n) is 3.43. The molecule has 0 aliphatic carbocycles. The quantitative estimate of drug-likeness (QED) is 0.650. The molecule has 0 saturated carbocycles. The van der Waals surface area contributed by atoms with Gasteiger partial charge in [-0.05, 0) is 5.92 Å². The van der Waals surface area contributed by atoms with Crippen LogP contribution in [0.5, 0.6) is 0 Å². The van der Waals surface area contributed by atoms with Gasteiger partial charge in [0.2, 0.25) is 5.91 Å². The van der Waals surface area contributed by atoms with E-state index in [4.69, 9.17) is 5.73 Å². The molecule has 16 heavy (non-hydrogen) atoms. The number of aromatic nitrogens is 3. The number of nitrogens with one attached hydrogen (secondary N) is 2. The third-order valence-corrected chi connectivity index (χ3v) is 3.17. The number of carbonyl (C=O) groups is 2. The van der Waals surface area contributed by atoms with Crippen molar-refractivity contribution in [3.8, 4) is 0 Å². The lowest BCUT2D eigenvalue weighted by molar-refractivity contribution is -0.120. The van der Waals surface area contributed by atoms with Crippen molar-refractivity contribution in [3.63, 3.8) is 0 Å². The maximum Gasteiger partial charge on any atom is 0.318 e. The fourth-order valence-corrected chi connectivity index (χ4v) is 1.95. The highest BCUT2D eigenvalue weighted by Crippen LogP contribution is 2.24. The number of carbonyl (C=O) groups excluding carboxylic acids is 2. The summed E-state index contributed by atoms with van der Waals surface area (Å²) in [5, 5.41) is 8.45. The van der Waals surface area contributed by atoms with Crippen molar-refractivity contribution >= 4 is 23.7 Å². The number of aromatic amines is 1. The van der Waals surface area contributed by atoms with E-state index < -0.39 is 17.2 Å². The Morgan fingerprint density at radius 3 is 2.69 bits per heavy atom. The number of imide groups is 1. The molecule has 88 valence electrons. The molecule has 1 aromatic heterocycles. The fraction of sp³-hybridized carbons (Fsp3) is 0.500. The van der Waals surface area contributed by atoms with Gasteiger partial charge in [-0.1, -0.05) is 25.6 Å². The van der Waals surface area contributed by atoms with Crippen LogP contribution >= 0.6 is 11.8 Å². The lowest BCUT2D eigenvalue weighted by Gasteiger charge is -2.16. The van der Waals surface area contributed by atoms with Crippen molar-refractivity contribution < 1.29 is 9.59 Å². The Kier molecular flexibility index (Phi) is 4.29. The Morgan fingerprint density at radius 1 is 1.56 bits per heavy atom.